The number of hydrogen-bond acceptors (Lipinski definition) is 4. The molecule has 5 nitrogen and oxygen atoms in total. The van der Waals surface area contributed by atoms with Gasteiger partial charge in [-0.3, -0.25) is 0 Å². The molecule has 1 unspecified atom stereocenters. The maximum atomic E-state index is 10.6. The predicted molar refractivity (Wildman–Crippen MR) is 59.6 cm³/mol. The second-order valence-corrected chi connectivity index (χ2v) is 4.09. The molecule has 1 aromatic rings. The summed E-state index contributed by atoms with van der Waals surface area (Å²) < 4.78 is 0. The van der Waals surface area contributed by atoms with Gasteiger partial charge in [0.25, 0.3) is 0 Å². The average Bonchev–Trinajstić information content (AvgIpc) is 2.77. The standard InChI is InChI=1S/C11H15N3O2/c1-2-8-3-4-14(7-8)11-12-5-9(6-13-11)10(15)16/h5-6,8H,2-4,7H2,1H3,(H,15,16). The molecule has 5 heteroatoms. The van der Waals surface area contributed by atoms with E-state index < -0.39 is 5.97 Å². The largest absolute Gasteiger partial charge is 0.478 e. The Morgan fingerprint density at radius 1 is 1.56 bits per heavy atom. The number of carboxylic acids is 1. The summed E-state index contributed by atoms with van der Waals surface area (Å²) in [4.78, 5) is 20.9. The van der Waals surface area contributed by atoms with Gasteiger partial charge in [0.05, 0.1) is 5.56 Å². The number of rotatable bonds is 3. The second-order valence-electron chi connectivity index (χ2n) is 4.09. The fourth-order valence-corrected chi connectivity index (χ4v) is 1.94. The first-order valence-corrected chi connectivity index (χ1v) is 5.51. The molecule has 0 saturated carbocycles. The van der Waals surface area contributed by atoms with Crippen molar-refractivity contribution < 1.29 is 9.90 Å². The summed E-state index contributed by atoms with van der Waals surface area (Å²) in [5.74, 6) is 0.364. The third-order valence-corrected chi connectivity index (χ3v) is 3.03. The van der Waals surface area contributed by atoms with Crippen LogP contribution in [-0.4, -0.2) is 34.1 Å². The van der Waals surface area contributed by atoms with Crippen LogP contribution in [0, 0.1) is 5.92 Å². The van der Waals surface area contributed by atoms with Crippen LogP contribution in [-0.2, 0) is 0 Å². The quantitative estimate of drug-likeness (QED) is 0.836. The highest BCUT2D eigenvalue weighted by atomic mass is 16.4. The third-order valence-electron chi connectivity index (χ3n) is 3.03. The van der Waals surface area contributed by atoms with Crippen molar-refractivity contribution in [1.82, 2.24) is 9.97 Å². The highest BCUT2D eigenvalue weighted by Gasteiger charge is 2.22. The van der Waals surface area contributed by atoms with E-state index in [9.17, 15) is 4.79 Å². The number of aromatic nitrogens is 2. The third kappa shape index (κ3) is 2.13. The molecule has 0 radical (unpaired) electrons. The predicted octanol–water partition coefficient (Wildman–Crippen LogP) is 1.41. The summed E-state index contributed by atoms with van der Waals surface area (Å²) in [6, 6.07) is 0. The summed E-state index contributed by atoms with van der Waals surface area (Å²) in [6.45, 7) is 4.12. The van der Waals surface area contributed by atoms with E-state index in [1.165, 1.54) is 25.2 Å². The minimum absolute atomic E-state index is 0.134. The van der Waals surface area contributed by atoms with Gasteiger partial charge in [-0.1, -0.05) is 13.3 Å². The fourth-order valence-electron chi connectivity index (χ4n) is 1.94. The summed E-state index contributed by atoms with van der Waals surface area (Å²) in [6.07, 6.45) is 5.07. The minimum atomic E-state index is -0.987. The summed E-state index contributed by atoms with van der Waals surface area (Å²) in [7, 11) is 0. The van der Waals surface area contributed by atoms with Gasteiger partial charge < -0.3 is 10.0 Å². The fraction of sp³-hybridized carbons (Fsp3) is 0.545. The number of carbonyl (C=O) groups is 1. The number of nitrogens with zero attached hydrogens (tertiary/aromatic N) is 3. The van der Waals surface area contributed by atoms with E-state index >= 15 is 0 Å². The zero-order valence-corrected chi connectivity index (χ0v) is 9.26. The molecule has 0 amide bonds. The highest BCUT2D eigenvalue weighted by molar-refractivity contribution is 5.86. The normalized spacial score (nSPS) is 20.1. The monoisotopic (exact) mass is 221 g/mol. The molecule has 2 rings (SSSR count). The maximum absolute atomic E-state index is 10.6. The lowest BCUT2D eigenvalue weighted by atomic mass is 10.1. The van der Waals surface area contributed by atoms with Crippen LogP contribution in [0.2, 0.25) is 0 Å². The molecule has 1 atom stereocenters. The lowest BCUT2D eigenvalue weighted by Crippen LogP contribution is -2.22. The van der Waals surface area contributed by atoms with Crippen LogP contribution in [0.1, 0.15) is 30.1 Å². The Bertz CT molecular complexity index is 377. The van der Waals surface area contributed by atoms with E-state index in [2.05, 4.69) is 21.8 Å². The first-order chi connectivity index (χ1) is 7.70. The van der Waals surface area contributed by atoms with Crippen molar-refractivity contribution in [1.29, 1.82) is 0 Å². The molecule has 0 aliphatic carbocycles. The van der Waals surface area contributed by atoms with Gasteiger partial charge in [-0.25, -0.2) is 14.8 Å². The Balaban J connectivity index is 2.08. The molecule has 1 saturated heterocycles. The van der Waals surface area contributed by atoms with Gasteiger partial charge >= 0.3 is 5.97 Å². The number of aromatic carboxylic acids is 1. The Morgan fingerprint density at radius 3 is 2.75 bits per heavy atom. The van der Waals surface area contributed by atoms with E-state index in [-0.39, 0.29) is 5.56 Å². The molecule has 0 spiro atoms. The summed E-state index contributed by atoms with van der Waals surface area (Å²) in [5, 5.41) is 8.73. The topological polar surface area (TPSA) is 66.3 Å². The molecule has 2 heterocycles. The lowest BCUT2D eigenvalue weighted by Gasteiger charge is -2.15. The molecule has 1 aromatic heterocycles. The molecule has 0 aromatic carbocycles. The Hall–Kier alpha value is -1.65. The lowest BCUT2D eigenvalue weighted by molar-refractivity contribution is 0.0696. The molecule has 1 N–H and O–H groups in total. The van der Waals surface area contributed by atoms with Crippen molar-refractivity contribution in [2.45, 2.75) is 19.8 Å². The van der Waals surface area contributed by atoms with Gasteiger partial charge in [-0.05, 0) is 12.3 Å². The van der Waals surface area contributed by atoms with E-state index in [0.717, 1.165) is 13.1 Å². The van der Waals surface area contributed by atoms with Crippen molar-refractivity contribution in [3.05, 3.63) is 18.0 Å². The van der Waals surface area contributed by atoms with Crippen molar-refractivity contribution in [2.75, 3.05) is 18.0 Å². The van der Waals surface area contributed by atoms with Gasteiger partial charge in [0, 0.05) is 25.5 Å². The first kappa shape index (κ1) is 10.9. The van der Waals surface area contributed by atoms with E-state index in [1.54, 1.807) is 0 Å². The Morgan fingerprint density at radius 2 is 2.25 bits per heavy atom. The summed E-state index contributed by atoms with van der Waals surface area (Å²) in [5.41, 5.74) is 0.134. The van der Waals surface area contributed by atoms with E-state index in [0.29, 0.717) is 11.9 Å². The van der Waals surface area contributed by atoms with Crippen LogP contribution >= 0.6 is 0 Å². The van der Waals surface area contributed by atoms with E-state index in [4.69, 9.17) is 5.11 Å². The SMILES string of the molecule is CCC1CCN(c2ncc(C(=O)O)cn2)C1. The average molecular weight is 221 g/mol. The zero-order chi connectivity index (χ0) is 11.5. The molecular weight excluding hydrogens is 206 g/mol. The number of anilines is 1. The van der Waals surface area contributed by atoms with Crippen LogP contribution in [0.25, 0.3) is 0 Å². The van der Waals surface area contributed by atoms with Crippen molar-refractivity contribution in [3.8, 4) is 0 Å². The molecule has 16 heavy (non-hydrogen) atoms. The Kier molecular flexibility index (Phi) is 3.03. The molecule has 1 aliphatic heterocycles. The molecule has 1 fully saturated rings. The molecule has 0 bridgehead atoms. The molecular formula is C11H15N3O2. The van der Waals surface area contributed by atoms with Gasteiger partial charge in [0.2, 0.25) is 5.95 Å². The van der Waals surface area contributed by atoms with Gasteiger partial charge in [0.1, 0.15) is 0 Å². The molecule has 1 aliphatic rings. The van der Waals surface area contributed by atoms with Crippen LogP contribution in [0.4, 0.5) is 5.95 Å². The van der Waals surface area contributed by atoms with Crippen LogP contribution in [0.5, 0.6) is 0 Å². The van der Waals surface area contributed by atoms with Gasteiger partial charge in [-0.2, -0.15) is 0 Å². The van der Waals surface area contributed by atoms with Crippen molar-refractivity contribution >= 4 is 11.9 Å². The number of carboxylic acid groups (broad SMARTS) is 1. The van der Waals surface area contributed by atoms with Crippen LogP contribution < -0.4 is 4.90 Å². The maximum Gasteiger partial charge on any atom is 0.338 e. The van der Waals surface area contributed by atoms with Gasteiger partial charge in [-0.15, -0.1) is 0 Å². The van der Waals surface area contributed by atoms with Gasteiger partial charge in [0.15, 0.2) is 0 Å². The summed E-state index contributed by atoms with van der Waals surface area (Å²) >= 11 is 0. The Labute approximate surface area is 94.1 Å². The first-order valence-electron chi connectivity index (χ1n) is 5.51. The van der Waals surface area contributed by atoms with Crippen molar-refractivity contribution in [2.24, 2.45) is 5.92 Å². The van der Waals surface area contributed by atoms with Crippen LogP contribution in [0.3, 0.4) is 0 Å². The molecule has 86 valence electrons. The zero-order valence-electron chi connectivity index (χ0n) is 9.26. The number of hydrogen-bond donors (Lipinski definition) is 1. The highest BCUT2D eigenvalue weighted by Crippen LogP contribution is 2.22. The smallest absolute Gasteiger partial charge is 0.338 e. The van der Waals surface area contributed by atoms with Crippen LogP contribution in [0.15, 0.2) is 12.4 Å². The van der Waals surface area contributed by atoms with E-state index in [1.807, 2.05) is 0 Å². The second kappa shape index (κ2) is 4.47. The van der Waals surface area contributed by atoms with Crippen molar-refractivity contribution in [3.63, 3.8) is 0 Å². The minimum Gasteiger partial charge on any atom is -0.478 e.